The summed E-state index contributed by atoms with van der Waals surface area (Å²) >= 11 is 1.36. The molecule has 17 nitrogen and oxygen atoms in total. The van der Waals surface area contributed by atoms with Crippen molar-refractivity contribution in [2.75, 3.05) is 19.6 Å². The number of thioether (sulfide) groups is 1. The number of aliphatic hydroxyl groups is 1. The van der Waals surface area contributed by atoms with Gasteiger partial charge in [0.25, 0.3) is 0 Å². The molecule has 222 valence electrons. The van der Waals surface area contributed by atoms with Gasteiger partial charge in [0.05, 0.1) is 30.1 Å². The molecule has 0 aromatic carbocycles. The fourth-order valence-corrected chi connectivity index (χ4v) is 7.65. The number of aromatic nitrogens is 4. The van der Waals surface area contributed by atoms with Crippen molar-refractivity contribution in [1.29, 1.82) is 5.41 Å². The molecule has 0 unspecified atom stereocenters. The van der Waals surface area contributed by atoms with E-state index in [4.69, 9.17) is 11.1 Å². The summed E-state index contributed by atoms with van der Waals surface area (Å²) in [6.45, 7) is 4.28. The normalized spacial score (nSPS) is 31.6. The third-order valence-electron chi connectivity index (χ3n) is 8.04. The summed E-state index contributed by atoms with van der Waals surface area (Å²) in [4.78, 5) is 54.5. The van der Waals surface area contributed by atoms with E-state index in [0.29, 0.717) is 17.9 Å². The number of carbonyl (C=O) groups is 4. The molecule has 1 aromatic rings. The lowest BCUT2D eigenvalue weighted by Crippen LogP contribution is -2.66. The molecule has 3 saturated heterocycles. The number of likely N-dealkylation sites (tertiary alicyclic amines) is 1. The molecule has 18 heteroatoms. The molecular weight excluding hydrogens is 558 g/mol. The molecule has 0 saturated carbocycles. The number of aliphatic hydroxyl groups excluding tert-OH is 1. The van der Waals surface area contributed by atoms with Crippen LogP contribution in [0.15, 0.2) is 16.9 Å². The Bertz CT molecular complexity index is 1270. The van der Waals surface area contributed by atoms with Crippen LogP contribution in [0.25, 0.3) is 0 Å². The van der Waals surface area contributed by atoms with Crippen molar-refractivity contribution in [2.45, 2.75) is 62.3 Å². The van der Waals surface area contributed by atoms with Crippen LogP contribution in [-0.2, 0) is 25.7 Å². The number of hydrogen-bond donors (Lipinski definition) is 7. The number of β-amino-alcohol motifs (C(OH)–C–C–N with tert-alkyl or cyclic N) is 1. The second-order valence-electron chi connectivity index (χ2n) is 10.8. The molecule has 5 heterocycles. The van der Waals surface area contributed by atoms with E-state index < -0.39 is 42.2 Å². The van der Waals surface area contributed by atoms with Crippen LogP contribution in [-0.4, -0.2) is 125 Å². The minimum absolute atomic E-state index is 0.0449. The second kappa shape index (κ2) is 11.2. The lowest BCUT2D eigenvalue weighted by molar-refractivity contribution is -0.158. The number of carbonyl (C=O) groups excluding carboxylic acids is 3. The molecule has 1 aromatic heterocycles. The van der Waals surface area contributed by atoms with Crippen molar-refractivity contribution in [2.24, 2.45) is 17.6 Å². The molecule has 41 heavy (non-hydrogen) atoms. The monoisotopic (exact) mass is 591 g/mol. The maximum absolute atomic E-state index is 13.2. The van der Waals surface area contributed by atoms with Gasteiger partial charge in [-0.3, -0.25) is 19.8 Å². The molecule has 0 radical (unpaired) electrons. The highest BCUT2D eigenvalue weighted by atomic mass is 32.2. The van der Waals surface area contributed by atoms with Gasteiger partial charge in [0.2, 0.25) is 17.7 Å². The number of nitrogens with two attached hydrogens (primary N) is 1. The van der Waals surface area contributed by atoms with E-state index in [2.05, 4.69) is 31.5 Å². The Morgan fingerprint density at radius 2 is 2.10 bits per heavy atom. The van der Waals surface area contributed by atoms with Crippen molar-refractivity contribution in [1.82, 2.24) is 46.0 Å². The Morgan fingerprint density at radius 1 is 1.34 bits per heavy atom. The minimum Gasteiger partial charge on any atom is -0.477 e. The van der Waals surface area contributed by atoms with Crippen LogP contribution in [0.4, 0.5) is 0 Å². The predicted octanol–water partition coefficient (Wildman–Crippen LogP) is -3.53. The van der Waals surface area contributed by atoms with Crippen LogP contribution in [0.1, 0.15) is 20.3 Å². The molecule has 4 aliphatic rings. The molecule has 3 amide bonds. The number of nitrogens with one attached hydrogen (secondary N) is 4. The van der Waals surface area contributed by atoms with E-state index in [0.717, 1.165) is 0 Å². The van der Waals surface area contributed by atoms with Gasteiger partial charge in [-0.05, 0) is 23.8 Å². The van der Waals surface area contributed by atoms with Gasteiger partial charge in [-0.15, -0.1) is 16.9 Å². The maximum atomic E-state index is 13.2. The summed E-state index contributed by atoms with van der Waals surface area (Å²) in [5, 5.41) is 46.8. The van der Waals surface area contributed by atoms with E-state index in [-0.39, 0.29) is 60.2 Å². The number of carboxylic acid groups (broad SMARTS) is 1. The van der Waals surface area contributed by atoms with Crippen LogP contribution < -0.4 is 21.7 Å². The van der Waals surface area contributed by atoms with E-state index in [9.17, 15) is 29.4 Å². The summed E-state index contributed by atoms with van der Waals surface area (Å²) in [7, 11) is 0. The minimum atomic E-state index is -1.20. The number of nitrogens with zero attached hydrogens (tertiary/aromatic N) is 6. The zero-order valence-electron chi connectivity index (χ0n) is 22.4. The van der Waals surface area contributed by atoms with Crippen molar-refractivity contribution >= 4 is 41.4 Å². The van der Waals surface area contributed by atoms with Crippen molar-refractivity contribution in [3.8, 4) is 0 Å². The van der Waals surface area contributed by atoms with Gasteiger partial charge < -0.3 is 41.7 Å². The van der Waals surface area contributed by atoms with Crippen LogP contribution in [0.3, 0.4) is 0 Å². The molecule has 0 spiro atoms. The van der Waals surface area contributed by atoms with Gasteiger partial charge in [-0.1, -0.05) is 6.92 Å². The number of aliphatic carboxylic acids is 1. The van der Waals surface area contributed by atoms with E-state index in [1.807, 2.05) is 6.92 Å². The molecule has 8 atom stereocenters. The summed E-state index contributed by atoms with van der Waals surface area (Å²) in [5.74, 6) is -3.26. The Labute approximate surface area is 238 Å². The summed E-state index contributed by atoms with van der Waals surface area (Å²) in [6.07, 6.45) is 0.896. The van der Waals surface area contributed by atoms with Crippen LogP contribution in [0.2, 0.25) is 0 Å². The highest BCUT2D eigenvalue weighted by Crippen LogP contribution is 2.51. The van der Waals surface area contributed by atoms with E-state index in [1.165, 1.54) is 32.6 Å². The summed E-state index contributed by atoms with van der Waals surface area (Å²) in [6, 6.07) is -1.99. The quantitative estimate of drug-likeness (QED) is 0.0837. The molecule has 3 fully saturated rings. The summed E-state index contributed by atoms with van der Waals surface area (Å²) in [5.41, 5.74) is 5.32. The Morgan fingerprint density at radius 3 is 2.76 bits per heavy atom. The number of amides is 3. The number of hydrogen-bond acceptors (Lipinski definition) is 11. The zero-order valence-corrected chi connectivity index (χ0v) is 23.2. The number of carboxylic acids is 1. The molecule has 4 aliphatic heterocycles. The van der Waals surface area contributed by atoms with Gasteiger partial charge >= 0.3 is 5.97 Å². The van der Waals surface area contributed by atoms with Gasteiger partial charge in [-0.25, -0.2) is 9.48 Å². The Hall–Kier alpha value is -3.77. The first-order valence-electron chi connectivity index (χ1n) is 13.2. The predicted molar refractivity (Wildman–Crippen MR) is 143 cm³/mol. The van der Waals surface area contributed by atoms with Crippen molar-refractivity contribution < 1.29 is 29.4 Å². The highest BCUT2D eigenvalue weighted by molar-refractivity contribution is 8.03. The lowest BCUT2D eigenvalue weighted by Gasteiger charge is -2.47. The van der Waals surface area contributed by atoms with Gasteiger partial charge in [-0.2, -0.15) is 0 Å². The van der Waals surface area contributed by atoms with E-state index >= 15 is 0 Å². The average molecular weight is 592 g/mol. The first-order valence-corrected chi connectivity index (χ1v) is 14.1. The first kappa shape index (κ1) is 28.7. The highest BCUT2D eigenvalue weighted by Gasteiger charge is 2.60. The topological polar surface area (TPSA) is 245 Å². The molecule has 0 bridgehead atoms. The Balaban J connectivity index is 1.21. The largest absolute Gasteiger partial charge is 0.477 e. The number of guanidine groups is 1. The maximum Gasteiger partial charge on any atom is 0.353 e. The third kappa shape index (κ3) is 5.45. The number of β-lactam (4-membered cyclic amide) rings is 1. The van der Waals surface area contributed by atoms with Crippen LogP contribution in [0, 0.1) is 17.2 Å². The average Bonchev–Trinajstić information content (AvgIpc) is 3.68. The fourth-order valence-electron chi connectivity index (χ4n) is 6.18. The standard InChI is InChI=1S/C23H33N11O6S/c1-9-17-16(10(2)28-15(36)7-33-8-27-30-31-33)21(38)34(17)18(22(39)40)19(9)41-11-3-12(26-4-11)20(37)32-5-13(14(35)6-32)29-23(24)25/h8-14,16-17,26,35H,3-7H2,1-2H3,(H,28,36)(H,39,40)(H4,24,25,29)/t9-,10-,11+,12+,13+,14-,16-,17-/m1/s1. The molecular formula is C23H33N11O6S. The van der Waals surface area contributed by atoms with Crippen LogP contribution in [0.5, 0.6) is 0 Å². The lowest BCUT2D eigenvalue weighted by atomic mass is 9.78. The second-order valence-corrected chi connectivity index (χ2v) is 12.1. The zero-order chi connectivity index (χ0) is 29.6. The number of fused-ring (bicyclic) bond motifs is 1. The SMILES string of the molecule is C[C@@H](NC(=O)Cn1cnnn1)[C@H]1C(=O)N2C(C(=O)O)=C(S[C@@H]3CN[C@H](C(=O)N4C[C@@H](O)[C@@H](NC(=N)N)C4)C3)[C@H](C)[C@H]12. The fraction of sp³-hybridized carbons (Fsp3) is 0.652. The third-order valence-corrected chi connectivity index (χ3v) is 9.55. The van der Waals surface area contributed by atoms with Crippen molar-refractivity contribution in [3.63, 3.8) is 0 Å². The van der Waals surface area contributed by atoms with Crippen molar-refractivity contribution in [3.05, 3.63) is 16.9 Å². The van der Waals surface area contributed by atoms with Crippen LogP contribution >= 0.6 is 11.8 Å². The van der Waals surface area contributed by atoms with E-state index in [1.54, 1.807) is 6.92 Å². The van der Waals surface area contributed by atoms with Gasteiger partial charge in [0.1, 0.15) is 18.6 Å². The van der Waals surface area contributed by atoms with Gasteiger partial charge in [0, 0.05) is 41.7 Å². The molecule has 8 N–H and O–H groups in total. The molecule has 0 aliphatic carbocycles. The number of rotatable bonds is 9. The summed E-state index contributed by atoms with van der Waals surface area (Å²) < 4.78 is 1.26. The smallest absolute Gasteiger partial charge is 0.353 e. The number of tetrazole rings is 1. The Kier molecular flexibility index (Phi) is 7.89. The van der Waals surface area contributed by atoms with Gasteiger partial charge in [0.15, 0.2) is 5.96 Å². The first-order chi connectivity index (χ1) is 19.5. The molecule has 5 rings (SSSR count).